The summed E-state index contributed by atoms with van der Waals surface area (Å²) in [7, 11) is 0. The fourth-order valence-electron chi connectivity index (χ4n) is 1.95. The van der Waals surface area contributed by atoms with Crippen LogP contribution < -0.4 is 9.47 Å². The molecule has 0 aliphatic rings. The van der Waals surface area contributed by atoms with Gasteiger partial charge in [0, 0.05) is 6.07 Å². The Balaban J connectivity index is 2.53. The molecular weight excluding hydrogens is 429 g/mol. The summed E-state index contributed by atoms with van der Waals surface area (Å²) in [5, 5.41) is 4.44. The molecular formula is C18H24BrCl2NO3. The molecule has 0 unspecified atom stereocenters. The van der Waals surface area contributed by atoms with E-state index in [4.69, 9.17) is 37.5 Å². The number of aryl methyl sites for hydroxylation is 1. The molecule has 0 spiro atoms. The van der Waals surface area contributed by atoms with Crippen molar-refractivity contribution in [3.63, 3.8) is 0 Å². The highest BCUT2D eigenvalue weighted by Gasteiger charge is 2.11. The highest BCUT2D eigenvalue weighted by molar-refractivity contribution is 9.12. The van der Waals surface area contributed by atoms with E-state index in [2.05, 4.69) is 28.0 Å². The van der Waals surface area contributed by atoms with Crippen molar-refractivity contribution in [2.75, 3.05) is 19.8 Å². The van der Waals surface area contributed by atoms with E-state index in [9.17, 15) is 0 Å². The van der Waals surface area contributed by atoms with Crippen molar-refractivity contribution >= 4 is 44.8 Å². The van der Waals surface area contributed by atoms with E-state index in [1.54, 1.807) is 12.1 Å². The van der Waals surface area contributed by atoms with Gasteiger partial charge in [0.1, 0.15) is 24.7 Å². The number of hydrogen-bond donors (Lipinski definition) is 0. The Morgan fingerprint density at radius 3 is 2.56 bits per heavy atom. The zero-order chi connectivity index (χ0) is 18.7. The van der Waals surface area contributed by atoms with Crippen molar-refractivity contribution in [3.05, 3.63) is 32.7 Å². The third-order valence-corrected chi connectivity index (χ3v) is 3.84. The molecule has 25 heavy (non-hydrogen) atoms. The van der Waals surface area contributed by atoms with Crippen molar-refractivity contribution < 1.29 is 14.3 Å². The van der Waals surface area contributed by atoms with Crippen LogP contribution in [-0.2, 0) is 11.3 Å². The molecule has 0 saturated heterocycles. The van der Waals surface area contributed by atoms with E-state index in [0.717, 1.165) is 30.5 Å². The molecule has 0 fully saturated rings. The minimum atomic E-state index is 0.365. The van der Waals surface area contributed by atoms with Gasteiger partial charge in [0.15, 0.2) is 0 Å². The number of ether oxygens (including phenoxy) is 2. The van der Waals surface area contributed by atoms with Crippen LogP contribution in [0.1, 0.15) is 39.2 Å². The van der Waals surface area contributed by atoms with Gasteiger partial charge in [0.2, 0.25) is 0 Å². The van der Waals surface area contributed by atoms with E-state index in [1.165, 1.54) is 0 Å². The lowest BCUT2D eigenvalue weighted by molar-refractivity contribution is 0.135. The maximum Gasteiger partial charge on any atom is 0.141 e. The number of unbranched alkanes of at least 4 members (excludes halogenated alkanes) is 1. The topological polar surface area (TPSA) is 40.0 Å². The number of halogens is 3. The molecule has 1 aromatic rings. The predicted molar refractivity (Wildman–Crippen MR) is 109 cm³/mol. The molecule has 0 aromatic heterocycles. The Hall–Kier alpha value is -0.910. The van der Waals surface area contributed by atoms with Crippen LogP contribution in [-0.4, -0.2) is 25.5 Å². The first-order valence-corrected chi connectivity index (χ1v) is 9.71. The summed E-state index contributed by atoms with van der Waals surface area (Å²) in [6.45, 7) is 7.37. The normalized spacial score (nSPS) is 11.2. The SMILES string of the molecule is CCc1cc(OC/C=C(/Cl)Br)cc(Cl)c1OCCCCON=C(C)C. The molecule has 0 bridgehead atoms. The molecule has 7 heteroatoms. The van der Waals surface area contributed by atoms with E-state index < -0.39 is 0 Å². The number of oxime groups is 1. The predicted octanol–water partition coefficient (Wildman–Crippen LogP) is 6.33. The summed E-state index contributed by atoms with van der Waals surface area (Å²) in [4.78, 5) is 5.16. The minimum Gasteiger partial charge on any atom is -0.492 e. The second-order valence-corrected chi connectivity index (χ2v) is 7.60. The summed E-state index contributed by atoms with van der Waals surface area (Å²) >= 11 is 15.2. The molecule has 1 rings (SSSR count). The number of benzene rings is 1. The summed E-state index contributed by atoms with van der Waals surface area (Å²) in [6.07, 6.45) is 4.26. The second kappa shape index (κ2) is 12.4. The summed E-state index contributed by atoms with van der Waals surface area (Å²) in [6, 6.07) is 3.70. The van der Waals surface area contributed by atoms with Crippen molar-refractivity contribution in [2.24, 2.45) is 5.16 Å². The zero-order valence-corrected chi connectivity index (χ0v) is 17.9. The third kappa shape index (κ3) is 9.38. The van der Waals surface area contributed by atoms with Crippen molar-refractivity contribution in [2.45, 2.75) is 40.0 Å². The lowest BCUT2D eigenvalue weighted by Crippen LogP contribution is -2.03. The molecule has 0 radical (unpaired) electrons. The van der Waals surface area contributed by atoms with Crippen LogP contribution in [0.15, 0.2) is 27.3 Å². The fourth-order valence-corrected chi connectivity index (χ4v) is 2.43. The molecule has 0 aliphatic heterocycles. The highest BCUT2D eigenvalue weighted by Crippen LogP contribution is 2.34. The van der Waals surface area contributed by atoms with Gasteiger partial charge in [0.25, 0.3) is 0 Å². The van der Waals surface area contributed by atoms with Crippen LogP contribution in [0, 0.1) is 0 Å². The fraction of sp³-hybridized carbons (Fsp3) is 0.500. The largest absolute Gasteiger partial charge is 0.492 e. The van der Waals surface area contributed by atoms with Crippen molar-refractivity contribution in [1.29, 1.82) is 0 Å². The summed E-state index contributed by atoms with van der Waals surface area (Å²) < 4.78 is 12.0. The Kier molecular flexibility index (Phi) is 11.0. The highest BCUT2D eigenvalue weighted by atomic mass is 79.9. The van der Waals surface area contributed by atoms with Crippen LogP contribution in [0.25, 0.3) is 0 Å². The van der Waals surface area contributed by atoms with Gasteiger partial charge >= 0.3 is 0 Å². The average molecular weight is 453 g/mol. The maximum atomic E-state index is 6.35. The van der Waals surface area contributed by atoms with E-state index in [1.807, 2.05) is 19.9 Å². The molecule has 0 N–H and O–H groups in total. The van der Waals surface area contributed by atoms with Gasteiger partial charge in [-0.1, -0.05) is 35.3 Å². The molecule has 140 valence electrons. The standard InChI is InChI=1S/C18H24BrCl2NO3/c1-4-14-11-15(23-10-7-17(19)21)12-16(20)18(14)24-8-5-6-9-25-22-13(2)3/h7,11-12H,4-6,8-10H2,1-3H3/b17-7+. The minimum absolute atomic E-state index is 0.365. The summed E-state index contributed by atoms with van der Waals surface area (Å²) in [5.74, 6) is 1.41. The van der Waals surface area contributed by atoms with Gasteiger partial charge in [0.05, 0.1) is 21.3 Å². The molecule has 0 aliphatic carbocycles. The first kappa shape index (κ1) is 22.1. The van der Waals surface area contributed by atoms with Crippen LogP contribution in [0.5, 0.6) is 11.5 Å². The molecule has 1 aromatic carbocycles. The molecule has 0 amide bonds. The van der Waals surface area contributed by atoms with Crippen LogP contribution in [0.4, 0.5) is 0 Å². The lowest BCUT2D eigenvalue weighted by atomic mass is 10.1. The average Bonchev–Trinajstić information content (AvgIpc) is 2.54. The first-order chi connectivity index (χ1) is 11.9. The van der Waals surface area contributed by atoms with Gasteiger partial charge in [-0.15, -0.1) is 0 Å². The van der Waals surface area contributed by atoms with Gasteiger partial charge in [-0.2, -0.15) is 0 Å². The van der Waals surface area contributed by atoms with E-state index in [-0.39, 0.29) is 0 Å². The first-order valence-electron chi connectivity index (χ1n) is 8.16. The van der Waals surface area contributed by atoms with Crippen LogP contribution in [0.2, 0.25) is 5.02 Å². The molecule has 0 atom stereocenters. The van der Waals surface area contributed by atoms with Crippen LogP contribution >= 0.6 is 39.1 Å². The third-order valence-electron chi connectivity index (χ3n) is 3.09. The van der Waals surface area contributed by atoms with E-state index >= 15 is 0 Å². The molecule has 0 saturated carbocycles. The Labute approximate surface area is 168 Å². The Bertz CT molecular complexity index is 598. The quantitative estimate of drug-likeness (QED) is 0.224. The monoisotopic (exact) mass is 451 g/mol. The Morgan fingerprint density at radius 1 is 1.20 bits per heavy atom. The van der Waals surface area contributed by atoms with Gasteiger partial charge in [-0.05, 0) is 66.7 Å². The van der Waals surface area contributed by atoms with E-state index in [0.29, 0.717) is 40.3 Å². The smallest absolute Gasteiger partial charge is 0.141 e. The van der Waals surface area contributed by atoms with Crippen molar-refractivity contribution in [1.82, 2.24) is 0 Å². The maximum absolute atomic E-state index is 6.35. The number of nitrogens with zero attached hydrogens (tertiary/aromatic N) is 1. The second-order valence-electron chi connectivity index (χ2n) is 5.48. The number of hydrogen-bond acceptors (Lipinski definition) is 4. The van der Waals surface area contributed by atoms with Crippen LogP contribution in [0.3, 0.4) is 0 Å². The van der Waals surface area contributed by atoms with Gasteiger partial charge < -0.3 is 14.3 Å². The van der Waals surface area contributed by atoms with Gasteiger partial charge in [-0.25, -0.2) is 0 Å². The zero-order valence-electron chi connectivity index (χ0n) is 14.8. The van der Waals surface area contributed by atoms with Crippen molar-refractivity contribution in [3.8, 4) is 11.5 Å². The molecule has 0 heterocycles. The summed E-state index contributed by atoms with van der Waals surface area (Å²) in [5.41, 5.74) is 1.92. The van der Waals surface area contributed by atoms with Gasteiger partial charge in [-0.3, -0.25) is 0 Å². The molecule has 4 nitrogen and oxygen atoms in total. The Morgan fingerprint density at radius 2 is 1.92 bits per heavy atom. The lowest BCUT2D eigenvalue weighted by Gasteiger charge is -2.14. The number of rotatable bonds is 11.